The third-order valence-corrected chi connectivity index (χ3v) is 5.10. The SMILES string of the molecule is COc1ccccc1C(C)NC(=O)N1CCC(NC(=O)c2ccccc2)CC1. The predicted octanol–water partition coefficient (Wildman–Crippen LogP) is 3.36. The largest absolute Gasteiger partial charge is 0.496 e. The van der Waals surface area contributed by atoms with E-state index in [-0.39, 0.29) is 24.0 Å². The number of para-hydroxylation sites is 1. The third kappa shape index (κ3) is 4.82. The molecule has 1 fully saturated rings. The Morgan fingerprint density at radius 2 is 1.68 bits per heavy atom. The first-order chi connectivity index (χ1) is 13.6. The number of urea groups is 1. The molecule has 1 saturated heterocycles. The maximum Gasteiger partial charge on any atom is 0.317 e. The van der Waals surface area contributed by atoms with E-state index in [4.69, 9.17) is 4.74 Å². The smallest absolute Gasteiger partial charge is 0.317 e. The number of benzene rings is 2. The van der Waals surface area contributed by atoms with E-state index < -0.39 is 0 Å². The van der Waals surface area contributed by atoms with Gasteiger partial charge in [0.05, 0.1) is 13.2 Å². The molecule has 1 aliphatic rings. The lowest BCUT2D eigenvalue weighted by Crippen LogP contribution is -2.49. The molecule has 0 aliphatic carbocycles. The molecule has 0 bridgehead atoms. The third-order valence-electron chi connectivity index (χ3n) is 5.10. The number of methoxy groups -OCH3 is 1. The minimum absolute atomic E-state index is 0.0618. The lowest BCUT2D eigenvalue weighted by Gasteiger charge is -2.33. The van der Waals surface area contributed by atoms with Crippen LogP contribution in [0.4, 0.5) is 4.79 Å². The van der Waals surface area contributed by atoms with Gasteiger partial charge in [-0.25, -0.2) is 4.79 Å². The van der Waals surface area contributed by atoms with Gasteiger partial charge in [-0.1, -0.05) is 36.4 Å². The average Bonchev–Trinajstić information content (AvgIpc) is 2.74. The van der Waals surface area contributed by atoms with Crippen molar-refractivity contribution in [2.24, 2.45) is 0 Å². The molecule has 6 nitrogen and oxygen atoms in total. The van der Waals surface area contributed by atoms with Crippen LogP contribution in [0.5, 0.6) is 5.75 Å². The van der Waals surface area contributed by atoms with Crippen molar-refractivity contribution in [3.8, 4) is 5.75 Å². The molecule has 2 aromatic carbocycles. The molecule has 3 rings (SSSR count). The number of likely N-dealkylation sites (tertiary alicyclic amines) is 1. The van der Waals surface area contributed by atoms with E-state index in [1.54, 1.807) is 24.1 Å². The number of amides is 3. The van der Waals surface area contributed by atoms with E-state index in [1.807, 2.05) is 49.4 Å². The monoisotopic (exact) mass is 381 g/mol. The molecule has 3 amide bonds. The summed E-state index contributed by atoms with van der Waals surface area (Å²) in [6.07, 6.45) is 1.49. The number of piperidine rings is 1. The number of carbonyl (C=O) groups is 2. The molecule has 0 saturated carbocycles. The van der Waals surface area contributed by atoms with Crippen LogP contribution in [0, 0.1) is 0 Å². The minimum atomic E-state index is -0.154. The van der Waals surface area contributed by atoms with E-state index in [0.717, 1.165) is 24.2 Å². The van der Waals surface area contributed by atoms with Crippen LogP contribution in [0.3, 0.4) is 0 Å². The summed E-state index contributed by atoms with van der Waals surface area (Å²) in [5, 5.41) is 6.10. The summed E-state index contributed by atoms with van der Waals surface area (Å²) in [6.45, 7) is 3.18. The highest BCUT2D eigenvalue weighted by atomic mass is 16.5. The van der Waals surface area contributed by atoms with Gasteiger partial charge in [-0.3, -0.25) is 4.79 Å². The zero-order chi connectivity index (χ0) is 19.9. The topological polar surface area (TPSA) is 70.7 Å². The molecule has 1 atom stereocenters. The summed E-state index contributed by atoms with van der Waals surface area (Å²) in [6, 6.07) is 16.7. The summed E-state index contributed by atoms with van der Waals surface area (Å²) in [5.41, 5.74) is 1.61. The van der Waals surface area contributed by atoms with Gasteiger partial charge in [0.2, 0.25) is 0 Å². The molecule has 1 heterocycles. The molecule has 148 valence electrons. The van der Waals surface area contributed by atoms with Crippen LogP contribution in [0.1, 0.15) is 41.7 Å². The van der Waals surface area contributed by atoms with Crippen molar-refractivity contribution in [3.05, 3.63) is 65.7 Å². The summed E-state index contributed by atoms with van der Waals surface area (Å²) in [4.78, 5) is 26.7. The van der Waals surface area contributed by atoms with Gasteiger partial charge >= 0.3 is 6.03 Å². The number of hydrogen-bond donors (Lipinski definition) is 2. The summed E-state index contributed by atoms with van der Waals surface area (Å²) < 4.78 is 5.38. The van der Waals surface area contributed by atoms with Crippen LogP contribution in [-0.4, -0.2) is 43.1 Å². The minimum Gasteiger partial charge on any atom is -0.496 e. The zero-order valence-corrected chi connectivity index (χ0v) is 16.4. The Balaban J connectivity index is 1.49. The van der Waals surface area contributed by atoms with E-state index in [9.17, 15) is 9.59 Å². The summed E-state index contributed by atoms with van der Waals surface area (Å²) in [5.74, 6) is 0.700. The van der Waals surface area contributed by atoms with E-state index in [0.29, 0.717) is 18.7 Å². The second kappa shape index (κ2) is 9.26. The van der Waals surface area contributed by atoms with Crippen LogP contribution in [0.15, 0.2) is 54.6 Å². The highest BCUT2D eigenvalue weighted by Crippen LogP contribution is 2.24. The van der Waals surface area contributed by atoms with Crippen molar-refractivity contribution in [1.29, 1.82) is 0 Å². The summed E-state index contributed by atoms with van der Waals surface area (Å²) >= 11 is 0. The number of rotatable bonds is 5. The van der Waals surface area contributed by atoms with Gasteiger partial charge in [0, 0.05) is 30.3 Å². The fourth-order valence-electron chi connectivity index (χ4n) is 3.46. The Hall–Kier alpha value is -3.02. The molecular formula is C22H27N3O3. The maximum atomic E-state index is 12.6. The van der Waals surface area contributed by atoms with Crippen LogP contribution in [0.25, 0.3) is 0 Å². The van der Waals surface area contributed by atoms with Crippen molar-refractivity contribution in [3.63, 3.8) is 0 Å². The van der Waals surface area contributed by atoms with Crippen molar-refractivity contribution in [2.45, 2.75) is 31.8 Å². The van der Waals surface area contributed by atoms with Crippen LogP contribution in [-0.2, 0) is 0 Å². The fraction of sp³-hybridized carbons (Fsp3) is 0.364. The van der Waals surface area contributed by atoms with E-state index in [2.05, 4.69) is 10.6 Å². The van der Waals surface area contributed by atoms with Gasteiger partial charge in [0.15, 0.2) is 0 Å². The molecule has 1 unspecified atom stereocenters. The quantitative estimate of drug-likeness (QED) is 0.834. The Kier molecular flexibility index (Phi) is 6.53. The molecule has 0 aromatic heterocycles. The number of nitrogens with one attached hydrogen (secondary N) is 2. The second-order valence-electron chi connectivity index (χ2n) is 7.01. The van der Waals surface area contributed by atoms with Crippen LogP contribution < -0.4 is 15.4 Å². The molecule has 2 aromatic rings. The first-order valence-electron chi connectivity index (χ1n) is 9.62. The number of carbonyl (C=O) groups excluding carboxylic acids is 2. The lowest BCUT2D eigenvalue weighted by molar-refractivity contribution is 0.0917. The predicted molar refractivity (Wildman–Crippen MR) is 108 cm³/mol. The first-order valence-corrected chi connectivity index (χ1v) is 9.62. The number of hydrogen-bond acceptors (Lipinski definition) is 3. The second-order valence-corrected chi connectivity index (χ2v) is 7.01. The number of nitrogens with zero attached hydrogens (tertiary/aromatic N) is 1. The normalized spacial score (nSPS) is 15.6. The van der Waals surface area contributed by atoms with Crippen molar-refractivity contribution < 1.29 is 14.3 Å². The van der Waals surface area contributed by atoms with Gasteiger partial charge in [-0.05, 0) is 38.0 Å². The van der Waals surface area contributed by atoms with Gasteiger partial charge < -0.3 is 20.3 Å². The molecule has 1 aliphatic heterocycles. The van der Waals surface area contributed by atoms with Crippen LogP contribution in [0.2, 0.25) is 0 Å². The van der Waals surface area contributed by atoms with E-state index in [1.165, 1.54) is 0 Å². The highest BCUT2D eigenvalue weighted by molar-refractivity contribution is 5.94. The van der Waals surface area contributed by atoms with Crippen LogP contribution >= 0.6 is 0 Å². The average molecular weight is 381 g/mol. The van der Waals surface area contributed by atoms with Crippen molar-refractivity contribution in [1.82, 2.24) is 15.5 Å². The maximum absolute atomic E-state index is 12.6. The van der Waals surface area contributed by atoms with Crippen molar-refractivity contribution >= 4 is 11.9 Å². The molecular weight excluding hydrogens is 354 g/mol. The Bertz CT molecular complexity index is 802. The fourth-order valence-corrected chi connectivity index (χ4v) is 3.46. The molecule has 0 radical (unpaired) electrons. The molecule has 2 N–H and O–H groups in total. The van der Waals surface area contributed by atoms with Crippen molar-refractivity contribution in [2.75, 3.05) is 20.2 Å². The molecule has 28 heavy (non-hydrogen) atoms. The standard InChI is InChI=1S/C22H27N3O3/c1-16(19-10-6-7-11-20(19)28-2)23-22(27)25-14-12-18(13-15-25)24-21(26)17-8-4-3-5-9-17/h3-11,16,18H,12-15H2,1-2H3,(H,23,27)(H,24,26). The van der Waals surface area contributed by atoms with Gasteiger partial charge in [-0.15, -0.1) is 0 Å². The van der Waals surface area contributed by atoms with E-state index >= 15 is 0 Å². The Labute approximate surface area is 165 Å². The van der Waals surface area contributed by atoms with Gasteiger partial charge in [0.1, 0.15) is 5.75 Å². The first kappa shape index (κ1) is 19.7. The number of ether oxygens (including phenoxy) is 1. The van der Waals surface area contributed by atoms with Gasteiger partial charge in [-0.2, -0.15) is 0 Å². The Morgan fingerprint density at radius 3 is 2.36 bits per heavy atom. The van der Waals surface area contributed by atoms with Gasteiger partial charge in [0.25, 0.3) is 5.91 Å². The zero-order valence-electron chi connectivity index (χ0n) is 16.4. The Morgan fingerprint density at radius 1 is 1.04 bits per heavy atom. The molecule has 6 heteroatoms. The summed E-state index contributed by atoms with van der Waals surface area (Å²) in [7, 11) is 1.63. The molecule has 0 spiro atoms. The lowest BCUT2D eigenvalue weighted by atomic mass is 10.0. The highest BCUT2D eigenvalue weighted by Gasteiger charge is 2.25.